The summed E-state index contributed by atoms with van der Waals surface area (Å²) in [5.74, 6) is 0.562. The number of nitrogens with zero attached hydrogens (tertiary/aromatic N) is 3. The number of rotatable bonds is 7. The van der Waals surface area contributed by atoms with Gasteiger partial charge >= 0.3 is 6.18 Å². The van der Waals surface area contributed by atoms with Crippen LogP contribution in [0.1, 0.15) is 19.4 Å². The van der Waals surface area contributed by atoms with Gasteiger partial charge in [0.2, 0.25) is 5.95 Å². The third-order valence-corrected chi connectivity index (χ3v) is 4.84. The molecule has 1 atom stereocenters. The maximum Gasteiger partial charge on any atom is 0.417 e. The first-order valence-electron chi connectivity index (χ1n) is 9.49. The number of aliphatic hydroxyl groups excluding tert-OH is 1. The molecule has 0 saturated heterocycles. The normalized spacial score (nSPS) is 12.6. The van der Waals surface area contributed by atoms with E-state index >= 15 is 0 Å². The van der Waals surface area contributed by atoms with E-state index in [2.05, 4.69) is 25.6 Å². The summed E-state index contributed by atoms with van der Waals surface area (Å²) in [6.07, 6.45) is -2.98. The molecule has 0 spiro atoms. The van der Waals surface area contributed by atoms with Gasteiger partial charge in [0, 0.05) is 18.0 Å². The molecule has 3 aromatic rings. The van der Waals surface area contributed by atoms with Crippen LogP contribution >= 0.6 is 11.6 Å². The minimum atomic E-state index is -4.59. The molecule has 0 aliphatic carbocycles. The van der Waals surface area contributed by atoms with Gasteiger partial charge < -0.3 is 15.7 Å². The lowest BCUT2D eigenvalue weighted by Crippen LogP contribution is -2.30. The van der Waals surface area contributed by atoms with Gasteiger partial charge in [-0.3, -0.25) is 4.98 Å². The number of alkyl halides is 3. The van der Waals surface area contributed by atoms with Gasteiger partial charge in [0.25, 0.3) is 0 Å². The molecule has 164 valence electrons. The molecule has 0 radical (unpaired) electrons. The molecule has 0 bridgehead atoms. The van der Waals surface area contributed by atoms with E-state index in [0.29, 0.717) is 11.4 Å². The molecule has 31 heavy (non-hydrogen) atoms. The fourth-order valence-corrected chi connectivity index (χ4v) is 3.00. The zero-order chi connectivity index (χ0) is 22.6. The second-order valence-electron chi connectivity index (χ2n) is 7.17. The molecule has 3 N–H and O–H groups in total. The Hall–Kier alpha value is -2.91. The fourth-order valence-electron chi connectivity index (χ4n) is 2.78. The molecule has 0 fully saturated rings. The Bertz CT molecular complexity index is 1030. The van der Waals surface area contributed by atoms with Gasteiger partial charge in [-0.25, -0.2) is 4.98 Å². The molecule has 10 heteroatoms. The Kier molecular flexibility index (Phi) is 6.97. The van der Waals surface area contributed by atoms with Crippen LogP contribution < -0.4 is 10.6 Å². The van der Waals surface area contributed by atoms with Crippen LogP contribution in [0.25, 0.3) is 11.4 Å². The van der Waals surface area contributed by atoms with E-state index in [9.17, 15) is 18.3 Å². The predicted octanol–water partition coefficient (Wildman–Crippen LogP) is 5.38. The lowest BCUT2D eigenvalue weighted by molar-refractivity contribution is -0.137. The Morgan fingerprint density at radius 3 is 2.45 bits per heavy atom. The first-order valence-corrected chi connectivity index (χ1v) is 9.87. The van der Waals surface area contributed by atoms with Gasteiger partial charge in [0.1, 0.15) is 5.82 Å². The number of pyridine rings is 1. The van der Waals surface area contributed by atoms with Crippen LogP contribution in [-0.2, 0) is 6.18 Å². The number of benzene rings is 1. The summed E-state index contributed by atoms with van der Waals surface area (Å²) in [5.41, 5.74) is 0.242. The first-order chi connectivity index (χ1) is 14.7. The summed E-state index contributed by atoms with van der Waals surface area (Å²) in [6.45, 7) is 3.73. The van der Waals surface area contributed by atoms with Gasteiger partial charge in [0.15, 0.2) is 0 Å². The van der Waals surface area contributed by atoms with Crippen LogP contribution in [0.5, 0.6) is 0 Å². The Morgan fingerprint density at radius 1 is 1.06 bits per heavy atom. The van der Waals surface area contributed by atoms with Gasteiger partial charge in [0.05, 0.1) is 34.6 Å². The van der Waals surface area contributed by atoms with E-state index < -0.39 is 11.7 Å². The van der Waals surface area contributed by atoms with Crippen LogP contribution in [-0.4, -0.2) is 32.7 Å². The van der Waals surface area contributed by atoms with Crippen molar-refractivity contribution in [3.63, 3.8) is 0 Å². The van der Waals surface area contributed by atoms with Gasteiger partial charge in [-0.15, -0.1) is 0 Å². The summed E-state index contributed by atoms with van der Waals surface area (Å²) in [6, 6.07) is 10.1. The molecule has 1 aromatic carbocycles. The second kappa shape index (κ2) is 9.49. The molecule has 0 aliphatic heterocycles. The first kappa shape index (κ1) is 22.8. The van der Waals surface area contributed by atoms with Crippen molar-refractivity contribution >= 4 is 29.1 Å². The molecular weight excluding hydrogens is 431 g/mol. The zero-order valence-electron chi connectivity index (χ0n) is 16.8. The van der Waals surface area contributed by atoms with Crippen molar-refractivity contribution in [1.82, 2.24) is 15.0 Å². The highest BCUT2D eigenvalue weighted by atomic mass is 35.5. The molecule has 0 unspecified atom stereocenters. The van der Waals surface area contributed by atoms with Crippen LogP contribution in [0.3, 0.4) is 0 Å². The summed E-state index contributed by atoms with van der Waals surface area (Å²) in [4.78, 5) is 13.1. The topological polar surface area (TPSA) is 83.0 Å². The number of halogens is 4. The summed E-state index contributed by atoms with van der Waals surface area (Å²) in [7, 11) is 0. The van der Waals surface area contributed by atoms with Crippen molar-refractivity contribution in [2.75, 3.05) is 17.2 Å². The van der Waals surface area contributed by atoms with Crippen LogP contribution in [0.4, 0.5) is 30.6 Å². The Morgan fingerprint density at radius 2 is 1.84 bits per heavy atom. The molecule has 0 aliphatic rings. The largest absolute Gasteiger partial charge is 0.417 e. The maximum absolute atomic E-state index is 13.2. The molecule has 3 rings (SSSR count). The van der Waals surface area contributed by atoms with Crippen LogP contribution in [0.2, 0.25) is 5.02 Å². The molecule has 6 nitrogen and oxygen atoms in total. The SMILES string of the molecule is CC(C)[C@H](CO)Nc1nc(Nc2ccc(Cl)c(C(F)(F)F)c2)cc(-c2ccccn2)n1. The van der Waals surface area contributed by atoms with E-state index in [1.54, 1.807) is 30.5 Å². The minimum Gasteiger partial charge on any atom is -0.394 e. The number of hydrogen-bond acceptors (Lipinski definition) is 6. The monoisotopic (exact) mass is 451 g/mol. The Balaban J connectivity index is 2.00. The molecular formula is C21H21ClF3N5O. The summed E-state index contributed by atoms with van der Waals surface area (Å²) >= 11 is 5.70. The highest BCUT2D eigenvalue weighted by Gasteiger charge is 2.33. The van der Waals surface area contributed by atoms with Crippen LogP contribution in [0, 0.1) is 5.92 Å². The number of anilines is 3. The second-order valence-corrected chi connectivity index (χ2v) is 7.58. The van der Waals surface area contributed by atoms with Crippen molar-refractivity contribution in [2.24, 2.45) is 5.92 Å². The fraction of sp³-hybridized carbons (Fsp3) is 0.286. The van der Waals surface area contributed by atoms with Crippen molar-refractivity contribution in [3.05, 3.63) is 59.2 Å². The summed E-state index contributed by atoms with van der Waals surface area (Å²) in [5, 5.41) is 15.2. The smallest absolute Gasteiger partial charge is 0.394 e. The minimum absolute atomic E-state index is 0.0918. The number of aliphatic hydroxyl groups is 1. The average molecular weight is 452 g/mol. The van der Waals surface area contributed by atoms with Gasteiger partial charge in [-0.1, -0.05) is 31.5 Å². The number of nitrogens with one attached hydrogen (secondary N) is 2. The third-order valence-electron chi connectivity index (χ3n) is 4.51. The lowest BCUT2D eigenvalue weighted by Gasteiger charge is -2.20. The van der Waals surface area contributed by atoms with Gasteiger partial charge in [-0.2, -0.15) is 18.2 Å². The average Bonchev–Trinajstić information content (AvgIpc) is 2.73. The standard InChI is InChI=1S/C21H21ClF3N5O/c1-12(2)18(11-31)29-20-28-17(16-5-3-4-8-26-16)10-19(30-20)27-13-6-7-15(22)14(9-13)21(23,24)25/h3-10,12,18,31H,11H2,1-2H3,(H2,27,28,29,30)/t18-/m0/s1. The van der Waals surface area contributed by atoms with E-state index in [1.807, 2.05) is 13.8 Å². The highest BCUT2D eigenvalue weighted by Crippen LogP contribution is 2.36. The van der Waals surface area contributed by atoms with Crippen molar-refractivity contribution in [1.29, 1.82) is 0 Å². The predicted molar refractivity (Wildman–Crippen MR) is 114 cm³/mol. The Labute approximate surface area is 182 Å². The van der Waals surface area contributed by atoms with E-state index in [0.717, 1.165) is 6.07 Å². The van der Waals surface area contributed by atoms with Gasteiger partial charge in [-0.05, 0) is 36.2 Å². The van der Waals surface area contributed by atoms with Crippen molar-refractivity contribution < 1.29 is 18.3 Å². The van der Waals surface area contributed by atoms with Crippen LogP contribution in [0.15, 0.2) is 48.7 Å². The number of hydrogen-bond donors (Lipinski definition) is 3. The van der Waals surface area contributed by atoms with Crippen molar-refractivity contribution in [3.8, 4) is 11.4 Å². The molecule has 0 saturated carbocycles. The maximum atomic E-state index is 13.2. The third kappa shape index (κ3) is 5.83. The van der Waals surface area contributed by atoms with E-state index in [1.165, 1.54) is 12.1 Å². The summed E-state index contributed by atoms with van der Waals surface area (Å²) < 4.78 is 39.6. The highest BCUT2D eigenvalue weighted by molar-refractivity contribution is 6.31. The van der Waals surface area contributed by atoms with Crippen molar-refractivity contribution in [2.45, 2.75) is 26.1 Å². The lowest BCUT2D eigenvalue weighted by atomic mass is 10.1. The van der Waals surface area contributed by atoms with E-state index in [4.69, 9.17) is 11.6 Å². The quantitative estimate of drug-likeness (QED) is 0.447. The molecule has 0 amide bonds. The number of aromatic nitrogens is 3. The van der Waals surface area contributed by atoms with E-state index in [-0.39, 0.29) is 41.0 Å². The molecule has 2 aromatic heterocycles. The zero-order valence-corrected chi connectivity index (χ0v) is 17.5. The molecule has 2 heterocycles.